The van der Waals surface area contributed by atoms with Crippen molar-refractivity contribution in [3.8, 4) is 0 Å². The molecule has 2 rings (SSSR count). The average Bonchev–Trinajstić information content (AvgIpc) is 2.88. The third kappa shape index (κ3) is 4.98. The zero-order valence-corrected chi connectivity index (χ0v) is 12.6. The van der Waals surface area contributed by atoms with Crippen molar-refractivity contribution in [2.45, 2.75) is 12.5 Å². The maximum Gasteiger partial charge on any atom is 1.00 e. The summed E-state index contributed by atoms with van der Waals surface area (Å²) in [5, 5.41) is 11.0. The van der Waals surface area contributed by atoms with Crippen LogP contribution in [0.25, 0.3) is 0 Å². The predicted octanol–water partition coefficient (Wildman–Crippen LogP) is -2.81. The fraction of sp³-hybridized carbons (Fsp3) is 0.154. The van der Waals surface area contributed by atoms with E-state index < -0.39 is 12.0 Å². The molecule has 19 heavy (non-hydrogen) atoms. The van der Waals surface area contributed by atoms with E-state index in [-0.39, 0.29) is 36.0 Å². The van der Waals surface area contributed by atoms with Crippen LogP contribution in [0.2, 0.25) is 0 Å². The second kappa shape index (κ2) is 7.89. The van der Waals surface area contributed by atoms with Crippen LogP contribution >= 0.6 is 0 Å². The van der Waals surface area contributed by atoms with Crippen molar-refractivity contribution in [1.82, 2.24) is 9.97 Å². The quantitative estimate of drug-likeness (QED) is 0.468. The minimum absolute atomic E-state index is 0. The molecule has 0 bridgehead atoms. The zero-order valence-electron chi connectivity index (χ0n) is 10.6. The van der Waals surface area contributed by atoms with Crippen molar-refractivity contribution < 1.29 is 39.5 Å². The van der Waals surface area contributed by atoms with Gasteiger partial charge in [0.05, 0.1) is 18.3 Å². The summed E-state index contributed by atoms with van der Waals surface area (Å²) in [5.41, 5.74) is 1.57. The maximum absolute atomic E-state index is 11.0. The van der Waals surface area contributed by atoms with Crippen LogP contribution in [0, 0.1) is 0 Å². The van der Waals surface area contributed by atoms with Gasteiger partial charge in [-0.3, -0.25) is 4.99 Å². The Bertz CT molecular complexity index is 526. The van der Waals surface area contributed by atoms with Gasteiger partial charge in [-0.05, 0) is 5.56 Å². The molecule has 1 aromatic carbocycles. The van der Waals surface area contributed by atoms with E-state index >= 15 is 0 Å². The number of aliphatic imine (C=N–C) groups is 1. The Kier molecular flexibility index (Phi) is 6.49. The Morgan fingerprint density at radius 3 is 2.74 bits per heavy atom. The van der Waals surface area contributed by atoms with Crippen molar-refractivity contribution in [2.75, 3.05) is 0 Å². The molecule has 0 aliphatic rings. The minimum Gasteiger partial charge on any atom is -0.548 e. The van der Waals surface area contributed by atoms with E-state index in [9.17, 15) is 9.90 Å². The number of carbonyl (C=O) groups is 1. The number of benzene rings is 1. The van der Waals surface area contributed by atoms with Crippen LogP contribution in [-0.2, 0) is 11.2 Å². The zero-order chi connectivity index (χ0) is 12.8. The van der Waals surface area contributed by atoms with Crippen LogP contribution in [0.5, 0.6) is 0 Å². The van der Waals surface area contributed by atoms with Crippen LogP contribution in [-0.4, -0.2) is 28.2 Å². The molecule has 0 spiro atoms. The summed E-state index contributed by atoms with van der Waals surface area (Å²) in [7, 11) is 0. The number of nitrogens with one attached hydrogen (secondary N) is 1. The number of rotatable bonds is 5. The first kappa shape index (κ1) is 15.6. The standard InChI is InChI=1S/C13H13N3O2.Na/c17-13(18)12(6-11-8-14-9-16-11)15-7-10-4-2-1-3-5-10;/h1-5,7-9,12H,6H2,(H,14,16)(H,17,18);/q;+1/p-1. The van der Waals surface area contributed by atoms with Gasteiger partial charge in [-0.25, -0.2) is 4.98 Å². The number of hydrogen-bond acceptors (Lipinski definition) is 4. The van der Waals surface area contributed by atoms with Gasteiger partial charge in [0.15, 0.2) is 0 Å². The van der Waals surface area contributed by atoms with Gasteiger partial charge in [0.25, 0.3) is 0 Å². The van der Waals surface area contributed by atoms with Crippen LogP contribution in [0.1, 0.15) is 11.3 Å². The molecule has 6 heteroatoms. The Hall–Kier alpha value is -1.43. The number of H-pyrrole nitrogens is 1. The molecule has 1 aromatic heterocycles. The monoisotopic (exact) mass is 265 g/mol. The van der Waals surface area contributed by atoms with Crippen LogP contribution in [0.15, 0.2) is 47.8 Å². The SMILES string of the molecule is O=C([O-])C(Cc1cnc[nH]1)N=Cc1ccccc1.[Na+]. The van der Waals surface area contributed by atoms with Crippen LogP contribution in [0.4, 0.5) is 0 Å². The summed E-state index contributed by atoms with van der Waals surface area (Å²) < 4.78 is 0. The number of hydrogen-bond donors (Lipinski definition) is 1. The summed E-state index contributed by atoms with van der Waals surface area (Å²) in [6.45, 7) is 0. The Labute approximate surface area is 133 Å². The normalized spacial score (nSPS) is 12.0. The second-order valence-corrected chi connectivity index (χ2v) is 3.80. The Morgan fingerprint density at radius 2 is 2.16 bits per heavy atom. The topological polar surface area (TPSA) is 81.2 Å². The number of aromatic amines is 1. The molecule has 0 aliphatic carbocycles. The van der Waals surface area contributed by atoms with Crippen LogP contribution in [0.3, 0.4) is 0 Å². The van der Waals surface area contributed by atoms with Crippen molar-refractivity contribution in [1.29, 1.82) is 0 Å². The number of imidazole rings is 1. The number of carboxylic acid groups (broad SMARTS) is 1. The molecule has 0 saturated heterocycles. The van der Waals surface area contributed by atoms with Gasteiger partial charge in [-0.2, -0.15) is 0 Å². The summed E-state index contributed by atoms with van der Waals surface area (Å²) in [5.74, 6) is -1.20. The third-order valence-electron chi connectivity index (χ3n) is 2.44. The molecule has 0 saturated carbocycles. The van der Waals surface area contributed by atoms with E-state index in [1.807, 2.05) is 30.3 Å². The molecule has 1 N–H and O–H groups in total. The second-order valence-electron chi connectivity index (χ2n) is 3.80. The number of carboxylic acids is 1. The summed E-state index contributed by atoms with van der Waals surface area (Å²) in [6.07, 6.45) is 4.86. The van der Waals surface area contributed by atoms with Crippen molar-refractivity contribution >= 4 is 12.2 Å². The van der Waals surface area contributed by atoms with Gasteiger partial charge in [-0.15, -0.1) is 0 Å². The number of carbonyl (C=O) groups excluding carboxylic acids is 1. The van der Waals surface area contributed by atoms with Crippen molar-refractivity contribution in [3.05, 3.63) is 54.1 Å². The van der Waals surface area contributed by atoms with Gasteiger partial charge in [-0.1, -0.05) is 30.3 Å². The first-order chi connectivity index (χ1) is 8.75. The summed E-state index contributed by atoms with van der Waals surface area (Å²) in [4.78, 5) is 21.7. The molecule has 92 valence electrons. The van der Waals surface area contributed by atoms with Gasteiger partial charge in [0.1, 0.15) is 0 Å². The molecule has 1 atom stereocenters. The van der Waals surface area contributed by atoms with E-state index in [0.29, 0.717) is 0 Å². The average molecular weight is 265 g/mol. The third-order valence-corrected chi connectivity index (χ3v) is 2.44. The van der Waals surface area contributed by atoms with Crippen LogP contribution < -0.4 is 34.7 Å². The van der Waals surface area contributed by atoms with Crippen molar-refractivity contribution in [2.24, 2.45) is 4.99 Å². The van der Waals surface area contributed by atoms with E-state index in [1.54, 1.807) is 6.20 Å². The molecule has 0 amide bonds. The van der Waals surface area contributed by atoms with E-state index in [0.717, 1.165) is 11.3 Å². The Morgan fingerprint density at radius 1 is 1.42 bits per heavy atom. The minimum atomic E-state index is -1.20. The molecule has 0 fully saturated rings. The van der Waals surface area contributed by atoms with E-state index in [2.05, 4.69) is 15.0 Å². The first-order valence-corrected chi connectivity index (χ1v) is 5.52. The molecular weight excluding hydrogens is 253 g/mol. The number of aliphatic carboxylic acids is 1. The van der Waals surface area contributed by atoms with E-state index in [4.69, 9.17) is 0 Å². The van der Waals surface area contributed by atoms with Gasteiger partial charge >= 0.3 is 29.6 Å². The predicted molar refractivity (Wildman–Crippen MR) is 65.1 cm³/mol. The largest absolute Gasteiger partial charge is 1.00 e. The number of nitrogens with zero attached hydrogens (tertiary/aromatic N) is 2. The van der Waals surface area contributed by atoms with Gasteiger partial charge < -0.3 is 14.9 Å². The summed E-state index contributed by atoms with van der Waals surface area (Å²) in [6, 6.07) is 8.41. The molecule has 5 nitrogen and oxygen atoms in total. The molecule has 1 unspecified atom stereocenters. The summed E-state index contributed by atoms with van der Waals surface area (Å²) >= 11 is 0. The first-order valence-electron chi connectivity index (χ1n) is 5.52. The molecular formula is C13H12N3NaO2. The number of aromatic nitrogens is 2. The fourth-order valence-corrected chi connectivity index (χ4v) is 1.52. The fourth-order valence-electron chi connectivity index (χ4n) is 1.52. The maximum atomic E-state index is 11.0. The Balaban J connectivity index is 0.00000180. The molecule has 0 radical (unpaired) electrons. The van der Waals surface area contributed by atoms with E-state index in [1.165, 1.54) is 12.5 Å². The van der Waals surface area contributed by atoms with Gasteiger partial charge in [0.2, 0.25) is 0 Å². The smallest absolute Gasteiger partial charge is 0.548 e. The molecule has 2 aromatic rings. The molecule has 0 aliphatic heterocycles. The van der Waals surface area contributed by atoms with Gasteiger partial charge in [0, 0.05) is 24.5 Å². The molecule has 1 heterocycles. The van der Waals surface area contributed by atoms with Crippen molar-refractivity contribution in [3.63, 3.8) is 0 Å².